The van der Waals surface area contributed by atoms with E-state index in [0.717, 1.165) is 22.8 Å². The molecule has 2 aromatic heterocycles. The van der Waals surface area contributed by atoms with Crippen LogP contribution >= 0.6 is 0 Å². The fourth-order valence-corrected chi connectivity index (χ4v) is 3.55. The Morgan fingerprint density at radius 2 is 1.84 bits per heavy atom. The Morgan fingerprint density at radius 1 is 1.04 bits per heavy atom. The normalized spacial score (nSPS) is 15.4. The van der Waals surface area contributed by atoms with E-state index in [1.165, 1.54) is 32.1 Å². The minimum atomic E-state index is 0.471. The third kappa shape index (κ3) is 3.31. The second kappa shape index (κ2) is 7.13. The molecule has 0 bridgehead atoms. The molecule has 1 fully saturated rings. The number of nitrogens with zero attached hydrogens (tertiary/aromatic N) is 3. The fourth-order valence-electron chi connectivity index (χ4n) is 3.55. The van der Waals surface area contributed by atoms with Crippen LogP contribution in [-0.4, -0.2) is 21.7 Å². The number of imidazole rings is 1. The van der Waals surface area contributed by atoms with Crippen LogP contribution in [0.1, 0.15) is 49.3 Å². The van der Waals surface area contributed by atoms with Crippen LogP contribution in [0.15, 0.2) is 42.5 Å². The van der Waals surface area contributed by atoms with Gasteiger partial charge in [-0.1, -0.05) is 49.6 Å². The number of methoxy groups -OCH3 is 1. The van der Waals surface area contributed by atoms with Crippen molar-refractivity contribution in [2.24, 2.45) is 0 Å². The first kappa shape index (κ1) is 15.9. The largest absolute Gasteiger partial charge is 0.480 e. The molecular weight excluding hydrogens is 314 g/mol. The lowest BCUT2D eigenvalue weighted by Crippen LogP contribution is -2.07. The molecule has 1 aromatic carbocycles. The highest BCUT2D eigenvalue weighted by Gasteiger charge is 2.24. The van der Waals surface area contributed by atoms with Crippen molar-refractivity contribution in [3.05, 3.63) is 53.7 Å². The van der Waals surface area contributed by atoms with Crippen molar-refractivity contribution in [3.8, 4) is 11.8 Å². The lowest BCUT2D eigenvalue weighted by Gasteiger charge is -2.20. The summed E-state index contributed by atoms with van der Waals surface area (Å²) >= 11 is 0. The first-order chi connectivity index (χ1) is 12.3. The van der Waals surface area contributed by atoms with Crippen LogP contribution in [0.5, 0.6) is 11.8 Å². The van der Waals surface area contributed by atoms with Gasteiger partial charge >= 0.3 is 0 Å². The summed E-state index contributed by atoms with van der Waals surface area (Å²) in [6, 6.07) is 13.9. The molecule has 2 heterocycles. The van der Waals surface area contributed by atoms with E-state index >= 15 is 0 Å². The van der Waals surface area contributed by atoms with Crippen molar-refractivity contribution < 1.29 is 9.47 Å². The summed E-state index contributed by atoms with van der Waals surface area (Å²) in [7, 11) is 1.69. The molecule has 1 aliphatic carbocycles. The first-order valence-corrected chi connectivity index (χ1v) is 8.95. The lowest BCUT2D eigenvalue weighted by atomic mass is 9.87. The van der Waals surface area contributed by atoms with Gasteiger partial charge in [-0.25, -0.2) is 4.98 Å². The lowest BCUT2D eigenvalue weighted by molar-refractivity contribution is 0.286. The van der Waals surface area contributed by atoms with Crippen molar-refractivity contribution in [2.75, 3.05) is 7.11 Å². The Morgan fingerprint density at radius 3 is 2.60 bits per heavy atom. The molecule has 0 radical (unpaired) electrons. The Bertz CT molecular complexity index is 839. The molecule has 3 aromatic rings. The number of hydrogen-bond acceptors (Lipinski definition) is 4. The van der Waals surface area contributed by atoms with Gasteiger partial charge in [0, 0.05) is 12.0 Å². The Labute approximate surface area is 147 Å². The zero-order valence-electron chi connectivity index (χ0n) is 14.5. The van der Waals surface area contributed by atoms with E-state index in [2.05, 4.69) is 5.10 Å². The maximum atomic E-state index is 5.84. The minimum absolute atomic E-state index is 0.471. The maximum Gasteiger partial charge on any atom is 0.239 e. The second-order valence-corrected chi connectivity index (χ2v) is 6.56. The molecule has 130 valence electrons. The number of ether oxygens (including phenoxy) is 2. The molecule has 0 spiro atoms. The van der Waals surface area contributed by atoms with Gasteiger partial charge < -0.3 is 9.47 Å². The maximum absolute atomic E-state index is 5.84. The monoisotopic (exact) mass is 337 g/mol. The molecule has 4 rings (SSSR count). The second-order valence-electron chi connectivity index (χ2n) is 6.56. The molecule has 0 aliphatic heterocycles. The van der Waals surface area contributed by atoms with Gasteiger partial charge in [0.2, 0.25) is 11.8 Å². The fraction of sp³-hybridized carbons (Fsp3) is 0.400. The first-order valence-electron chi connectivity index (χ1n) is 8.95. The SMILES string of the molecule is COc1c(C2CCCCC2)nc2ccc(OCc3ccccc3)nn12. The van der Waals surface area contributed by atoms with E-state index < -0.39 is 0 Å². The smallest absolute Gasteiger partial charge is 0.239 e. The van der Waals surface area contributed by atoms with Gasteiger partial charge in [0.1, 0.15) is 12.3 Å². The van der Waals surface area contributed by atoms with Crippen molar-refractivity contribution in [1.29, 1.82) is 0 Å². The van der Waals surface area contributed by atoms with Gasteiger partial charge in [-0.15, -0.1) is 5.10 Å². The third-order valence-electron chi connectivity index (χ3n) is 4.85. The topological polar surface area (TPSA) is 48.7 Å². The summed E-state index contributed by atoms with van der Waals surface area (Å²) in [5.74, 6) is 1.79. The van der Waals surface area contributed by atoms with E-state index in [9.17, 15) is 0 Å². The number of fused-ring (bicyclic) bond motifs is 1. The molecule has 1 saturated carbocycles. The molecule has 5 heteroatoms. The van der Waals surface area contributed by atoms with Crippen LogP contribution < -0.4 is 9.47 Å². The standard InChI is InChI=1S/C20H23N3O2/c1-24-20-19(16-10-6-3-7-11-16)21-17-12-13-18(22-23(17)20)25-14-15-8-4-2-5-9-15/h2,4-5,8-9,12-13,16H,3,6-7,10-11,14H2,1H3. The number of hydrogen-bond donors (Lipinski definition) is 0. The third-order valence-corrected chi connectivity index (χ3v) is 4.85. The predicted molar refractivity (Wildman–Crippen MR) is 96.1 cm³/mol. The van der Waals surface area contributed by atoms with Crippen molar-refractivity contribution in [2.45, 2.75) is 44.6 Å². The van der Waals surface area contributed by atoms with Gasteiger partial charge in [0.25, 0.3) is 0 Å². The molecule has 1 aliphatic rings. The van der Waals surface area contributed by atoms with Crippen LogP contribution in [0.2, 0.25) is 0 Å². The van der Waals surface area contributed by atoms with Crippen LogP contribution in [0.4, 0.5) is 0 Å². The molecular formula is C20H23N3O2. The van der Waals surface area contributed by atoms with Crippen LogP contribution in [-0.2, 0) is 6.61 Å². The summed E-state index contributed by atoms with van der Waals surface area (Å²) < 4.78 is 13.3. The van der Waals surface area contributed by atoms with E-state index in [1.54, 1.807) is 11.6 Å². The number of aromatic nitrogens is 3. The molecule has 25 heavy (non-hydrogen) atoms. The molecule has 0 N–H and O–H groups in total. The Balaban J connectivity index is 1.60. The highest BCUT2D eigenvalue weighted by Crippen LogP contribution is 2.37. The van der Waals surface area contributed by atoms with E-state index in [-0.39, 0.29) is 0 Å². The van der Waals surface area contributed by atoms with Crippen molar-refractivity contribution in [1.82, 2.24) is 14.6 Å². The summed E-state index contributed by atoms with van der Waals surface area (Å²) in [5, 5.41) is 4.58. The Hall–Kier alpha value is -2.56. The minimum Gasteiger partial charge on any atom is -0.480 e. The summed E-state index contributed by atoms with van der Waals surface area (Å²) in [5.41, 5.74) is 2.96. The molecule has 0 saturated heterocycles. The van der Waals surface area contributed by atoms with Crippen molar-refractivity contribution >= 4 is 5.65 Å². The molecule has 0 amide bonds. The van der Waals surface area contributed by atoms with Gasteiger partial charge in [0.15, 0.2) is 5.65 Å². The number of rotatable bonds is 5. The van der Waals surface area contributed by atoms with Gasteiger partial charge in [-0.05, 0) is 24.5 Å². The predicted octanol–water partition coefficient (Wildman–Crippen LogP) is 4.36. The summed E-state index contributed by atoms with van der Waals surface area (Å²) in [4.78, 5) is 4.79. The van der Waals surface area contributed by atoms with Gasteiger partial charge in [-0.3, -0.25) is 0 Å². The van der Waals surface area contributed by atoms with E-state index in [0.29, 0.717) is 18.4 Å². The summed E-state index contributed by atoms with van der Waals surface area (Å²) in [6.07, 6.45) is 6.21. The average molecular weight is 337 g/mol. The number of benzene rings is 1. The van der Waals surface area contributed by atoms with E-state index in [1.807, 2.05) is 42.5 Å². The van der Waals surface area contributed by atoms with Crippen molar-refractivity contribution in [3.63, 3.8) is 0 Å². The van der Waals surface area contributed by atoms with Gasteiger partial charge in [-0.2, -0.15) is 4.52 Å². The molecule has 0 atom stereocenters. The van der Waals surface area contributed by atoms with Crippen LogP contribution in [0.3, 0.4) is 0 Å². The highest BCUT2D eigenvalue weighted by atomic mass is 16.5. The molecule has 0 unspecified atom stereocenters. The summed E-state index contributed by atoms with van der Waals surface area (Å²) in [6.45, 7) is 0.492. The van der Waals surface area contributed by atoms with Crippen LogP contribution in [0.25, 0.3) is 5.65 Å². The van der Waals surface area contributed by atoms with Crippen LogP contribution in [0, 0.1) is 0 Å². The molecule has 5 nitrogen and oxygen atoms in total. The van der Waals surface area contributed by atoms with Gasteiger partial charge in [0.05, 0.1) is 7.11 Å². The van der Waals surface area contributed by atoms with E-state index in [4.69, 9.17) is 14.5 Å². The highest BCUT2D eigenvalue weighted by molar-refractivity contribution is 5.46. The quantitative estimate of drug-likeness (QED) is 0.694. The zero-order valence-corrected chi connectivity index (χ0v) is 14.5. The average Bonchev–Trinajstić information content (AvgIpc) is 3.05. The zero-order chi connectivity index (χ0) is 17.1. The Kier molecular flexibility index (Phi) is 4.55.